The Labute approximate surface area is 142 Å². The smallest absolute Gasteiger partial charge is 0.341 e. The molecule has 0 heterocycles. The van der Waals surface area contributed by atoms with Crippen LogP contribution in [0.2, 0.25) is 0 Å². The van der Waals surface area contributed by atoms with E-state index in [0.29, 0.717) is 22.8 Å². The van der Waals surface area contributed by atoms with Crippen molar-refractivity contribution in [2.75, 3.05) is 6.61 Å². The first-order chi connectivity index (χ1) is 11.4. The summed E-state index contributed by atoms with van der Waals surface area (Å²) in [7, 11) is 0. The van der Waals surface area contributed by atoms with Crippen LogP contribution in [0.4, 0.5) is 0 Å². The van der Waals surface area contributed by atoms with Gasteiger partial charge in [0.05, 0.1) is 0 Å². The second-order valence-corrected chi connectivity index (χ2v) is 7.27. The van der Waals surface area contributed by atoms with Gasteiger partial charge in [-0.05, 0) is 61.8 Å². The zero-order valence-electron chi connectivity index (χ0n) is 14.4. The number of carbonyl (C=O) groups excluding carboxylic acids is 1. The van der Waals surface area contributed by atoms with Crippen molar-refractivity contribution in [3.8, 4) is 5.75 Å². The summed E-state index contributed by atoms with van der Waals surface area (Å²) in [6, 6.07) is 3.86. The van der Waals surface area contributed by atoms with Crippen molar-refractivity contribution in [1.82, 2.24) is 5.32 Å². The summed E-state index contributed by atoms with van der Waals surface area (Å²) in [6.45, 7) is 3.29. The van der Waals surface area contributed by atoms with Crippen LogP contribution in [0.5, 0.6) is 5.75 Å². The van der Waals surface area contributed by atoms with Crippen molar-refractivity contribution in [3.63, 3.8) is 0 Å². The predicted octanol–water partition coefficient (Wildman–Crippen LogP) is 3.22. The van der Waals surface area contributed by atoms with Gasteiger partial charge in [0, 0.05) is 11.6 Å². The highest BCUT2D eigenvalue weighted by Gasteiger charge is 2.54. The number of amides is 1. The highest BCUT2D eigenvalue weighted by Crippen LogP contribution is 2.56. The monoisotopic (exact) mass is 331 g/mol. The summed E-state index contributed by atoms with van der Waals surface area (Å²) in [4.78, 5) is 23.2. The number of carbonyl (C=O) groups is 2. The summed E-state index contributed by atoms with van der Waals surface area (Å²) in [6.07, 6.45) is 7.45. The first-order valence-electron chi connectivity index (χ1n) is 8.68. The minimum Gasteiger partial charge on any atom is -0.481 e. The van der Waals surface area contributed by atoms with Crippen molar-refractivity contribution in [3.05, 3.63) is 28.8 Å². The van der Waals surface area contributed by atoms with Crippen LogP contribution in [0.25, 0.3) is 0 Å². The Bertz CT molecular complexity index is 638. The fraction of sp³-hybridized carbons (Fsp3) is 0.579. The minimum absolute atomic E-state index is 0.0431. The van der Waals surface area contributed by atoms with Crippen LogP contribution in [-0.4, -0.2) is 29.6 Å². The number of hydrogen-bond acceptors (Lipinski definition) is 3. The van der Waals surface area contributed by atoms with Gasteiger partial charge in [-0.1, -0.05) is 19.3 Å². The maximum Gasteiger partial charge on any atom is 0.341 e. The SMILES string of the molecule is Cc1cc(C(=O)NC2CC23CCCCC3)cc(C)c1OCC(=O)O. The van der Waals surface area contributed by atoms with Crippen molar-refractivity contribution < 1.29 is 19.4 Å². The summed E-state index contributed by atoms with van der Waals surface area (Å²) >= 11 is 0. The molecule has 0 radical (unpaired) electrons. The second kappa shape index (κ2) is 6.46. The number of ether oxygens (including phenoxy) is 1. The molecule has 5 heteroatoms. The third-order valence-electron chi connectivity index (χ3n) is 5.41. The molecule has 1 aromatic carbocycles. The molecule has 0 saturated heterocycles. The number of carboxylic acids is 1. The number of hydrogen-bond donors (Lipinski definition) is 2. The first-order valence-corrected chi connectivity index (χ1v) is 8.68. The van der Waals surface area contributed by atoms with Crippen LogP contribution >= 0.6 is 0 Å². The molecular formula is C19H25NO4. The van der Waals surface area contributed by atoms with Gasteiger partial charge in [-0.25, -0.2) is 4.79 Å². The molecule has 130 valence electrons. The van der Waals surface area contributed by atoms with Crippen LogP contribution in [0.1, 0.15) is 60.0 Å². The number of rotatable bonds is 5. The van der Waals surface area contributed by atoms with Crippen molar-refractivity contribution >= 4 is 11.9 Å². The molecule has 24 heavy (non-hydrogen) atoms. The molecule has 1 spiro atoms. The lowest BCUT2D eigenvalue weighted by atomic mass is 9.85. The predicted molar refractivity (Wildman–Crippen MR) is 90.4 cm³/mol. The third-order valence-corrected chi connectivity index (χ3v) is 5.41. The van der Waals surface area contributed by atoms with Crippen LogP contribution < -0.4 is 10.1 Å². The number of aryl methyl sites for hydroxylation is 2. The number of carboxylic acid groups (broad SMARTS) is 1. The van der Waals surface area contributed by atoms with Gasteiger partial charge in [0.25, 0.3) is 5.91 Å². The van der Waals surface area contributed by atoms with E-state index in [1.165, 1.54) is 32.1 Å². The van der Waals surface area contributed by atoms with E-state index in [4.69, 9.17) is 9.84 Å². The number of nitrogens with one attached hydrogen (secondary N) is 1. The molecule has 0 aromatic heterocycles. The van der Waals surface area contributed by atoms with Crippen LogP contribution in [0.3, 0.4) is 0 Å². The van der Waals surface area contributed by atoms with Crippen molar-refractivity contribution in [1.29, 1.82) is 0 Å². The molecule has 2 fully saturated rings. The van der Waals surface area contributed by atoms with Gasteiger partial charge in [-0.15, -0.1) is 0 Å². The van der Waals surface area contributed by atoms with E-state index in [1.807, 2.05) is 13.8 Å². The molecule has 1 unspecified atom stereocenters. The molecule has 0 aliphatic heterocycles. The van der Waals surface area contributed by atoms with Crippen LogP contribution in [0.15, 0.2) is 12.1 Å². The van der Waals surface area contributed by atoms with Gasteiger partial charge in [-0.2, -0.15) is 0 Å². The highest BCUT2D eigenvalue weighted by atomic mass is 16.5. The Kier molecular flexibility index (Phi) is 4.52. The maximum absolute atomic E-state index is 12.6. The van der Waals surface area contributed by atoms with E-state index in [9.17, 15) is 9.59 Å². The Morgan fingerprint density at radius 3 is 2.42 bits per heavy atom. The molecule has 2 saturated carbocycles. The van der Waals surface area contributed by atoms with Crippen LogP contribution in [0, 0.1) is 19.3 Å². The zero-order valence-corrected chi connectivity index (χ0v) is 14.4. The van der Waals surface area contributed by atoms with E-state index in [-0.39, 0.29) is 12.5 Å². The average molecular weight is 331 g/mol. The fourth-order valence-corrected chi connectivity index (χ4v) is 4.04. The Morgan fingerprint density at radius 1 is 1.21 bits per heavy atom. The normalized spacial score (nSPS) is 21.3. The molecule has 2 aliphatic carbocycles. The van der Waals surface area contributed by atoms with Gasteiger partial charge < -0.3 is 15.2 Å². The molecule has 2 aliphatic rings. The molecular weight excluding hydrogens is 306 g/mol. The van der Waals surface area contributed by atoms with Gasteiger partial charge in [0.15, 0.2) is 6.61 Å². The Balaban J connectivity index is 1.66. The zero-order chi connectivity index (χ0) is 17.3. The van der Waals surface area contributed by atoms with E-state index < -0.39 is 5.97 Å². The van der Waals surface area contributed by atoms with Crippen molar-refractivity contribution in [2.45, 2.75) is 58.4 Å². The third kappa shape index (κ3) is 3.40. The summed E-state index contributed by atoms with van der Waals surface area (Å²) in [5.74, 6) is -0.510. The number of benzene rings is 1. The van der Waals surface area contributed by atoms with Crippen LogP contribution in [-0.2, 0) is 4.79 Å². The first kappa shape index (κ1) is 16.8. The molecule has 2 N–H and O–H groups in total. The molecule has 0 bridgehead atoms. The molecule has 1 amide bonds. The average Bonchev–Trinajstić information content (AvgIpc) is 3.17. The summed E-state index contributed by atoms with van der Waals surface area (Å²) < 4.78 is 5.32. The quantitative estimate of drug-likeness (QED) is 0.868. The van der Waals surface area contributed by atoms with E-state index in [1.54, 1.807) is 12.1 Å². The van der Waals surface area contributed by atoms with E-state index in [2.05, 4.69) is 5.32 Å². The molecule has 1 atom stereocenters. The molecule has 3 rings (SSSR count). The lowest BCUT2D eigenvalue weighted by Gasteiger charge is -2.22. The highest BCUT2D eigenvalue weighted by molar-refractivity contribution is 5.95. The summed E-state index contributed by atoms with van der Waals surface area (Å²) in [5, 5.41) is 11.9. The summed E-state index contributed by atoms with van der Waals surface area (Å²) in [5.41, 5.74) is 2.54. The van der Waals surface area contributed by atoms with Gasteiger partial charge in [-0.3, -0.25) is 4.79 Å². The van der Waals surface area contributed by atoms with Gasteiger partial charge in [0.2, 0.25) is 0 Å². The van der Waals surface area contributed by atoms with Crippen molar-refractivity contribution in [2.24, 2.45) is 5.41 Å². The van der Waals surface area contributed by atoms with Gasteiger partial charge in [0.1, 0.15) is 5.75 Å². The fourth-order valence-electron chi connectivity index (χ4n) is 4.04. The van der Waals surface area contributed by atoms with Gasteiger partial charge >= 0.3 is 5.97 Å². The Morgan fingerprint density at radius 2 is 1.83 bits per heavy atom. The van der Waals surface area contributed by atoms with E-state index >= 15 is 0 Å². The molecule has 1 aromatic rings. The standard InChI is InChI=1S/C19H25NO4/c1-12-8-14(9-13(2)17(12)24-11-16(21)22)18(23)20-15-10-19(15)6-4-3-5-7-19/h8-9,15H,3-7,10-11H2,1-2H3,(H,20,23)(H,21,22). The number of aliphatic carboxylic acids is 1. The Hall–Kier alpha value is -2.04. The second-order valence-electron chi connectivity index (χ2n) is 7.27. The lowest BCUT2D eigenvalue weighted by Crippen LogP contribution is -2.30. The lowest BCUT2D eigenvalue weighted by molar-refractivity contribution is -0.139. The maximum atomic E-state index is 12.6. The minimum atomic E-state index is -1.01. The topological polar surface area (TPSA) is 75.6 Å². The molecule has 5 nitrogen and oxygen atoms in total. The largest absolute Gasteiger partial charge is 0.481 e. The van der Waals surface area contributed by atoms with E-state index in [0.717, 1.165) is 17.5 Å².